The molecular weight excluding hydrogens is 255 g/mol. The number of rotatable bonds is 9. The molecule has 2 N–H and O–H groups in total. The number of benzene rings is 1. The molecule has 0 aromatic heterocycles. The second kappa shape index (κ2) is 8.22. The highest BCUT2D eigenvalue weighted by Crippen LogP contribution is 2.16. The first-order valence-corrected chi connectivity index (χ1v) is 7.33. The van der Waals surface area contributed by atoms with Gasteiger partial charge in [-0.2, -0.15) is 0 Å². The molecule has 4 heteroatoms. The van der Waals surface area contributed by atoms with Crippen molar-refractivity contribution in [2.45, 2.75) is 38.6 Å². The van der Waals surface area contributed by atoms with Crippen molar-refractivity contribution in [2.75, 3.05) is 31.6 Å². The lowest BCUT2D eigenvalue weighted by molar-refractivity contribution is 0.164. The number of nitrogens with one attached hydrogen (secondary N) is 1. The monoisotopic (exact) mass is 282 g/mol. The van der Waals surface area contributed by atoms with Gasteiger partial charge >= 0.3 is 0 Å². The van der Waals surface area contributed by atoms with Crippen LogP contribution in [0.1, 0.15) is 33.1 Å². The molecule has 0 aliphatic carbocycles. The molecule has 0 fully saturated rings. The minimum Gasteiger partial charge on any atom is -0.394 e. The van der Waals surface area contributed by atoms with Crippen LogP contribution in [-0.2, 0) is 0 Å². The lowest BCUT2D eigenvalue weighted by Gasteiger charge is -2.30. The summed E-state index contributed by atoms with van der Waals surface area (Å²) in [5.74, 6) is -0.209. The average Bonchev–Trinajstić information content (AvgIpc) is 2.45. The van der Waals surface area contributed by atoms with E-state index in [0.29, 0.717) is 0 Å². The zero-order valence-electron chi connectivity index (χ0n) is 12.8. The lowest BCUT2D eigenvalue weighted by atomic mass is 9.96. The molecular formula is C16H27FN2O. The smallest absolute Gasteiger partial charge is 0.123 e. The molecule has 0 bridgehead atoms. The summed E-state index contributed by atoms with van der Waals surface area (Å²) in [5.41, 5.74) is 0.804. The SMILES string of the molecule is CCCNC(C)(CO)CCCN(C)c1ccc(F)cc1. The summed E-state index contributed by atoms with van der Waals surface area (Å²) < 4.78 is 12.9. The Kier molecular flexibility index (Phi) is 6.96. The van der Waals surface area contributed by atoms with E-state index >= 15 is 0 Å². The fourth-order valence-electron chi connectivity index (χ4n) is 2.18. The van der Waals surface area contributed by atoms with E-state index < -0.39 is 0 Å². The Bertz CT molecular complexity index is 383. The van der Waals surface area contributed by atoms with Crippen molar-refractivity contribution in [3.8, 4) is 0 Å². The van der Waals surface area contributed by atoms with E-state index in [0.717, 1.165) is 38.0 Å². The van der Waals surface area contributed by atoms with E-state index in [-0.39, 0.29) is 18.0 Å². The van der Waals surface area contributed by atoms with Gasteiger partial charge in [0.2, 0.25) is 0 Å². The van der Waals surface area contributed by atoms with Crippen molar-refractivity contribution >= 4 is 5.69 Å². The number of hydrogen-bond donors (Lipinski definition) is 2. The van der Waals surface area contributed by atoms with Gasteiger partial charge in [-0.3, -0.25) is 0 Å². The highest BCUT2D eigenvalue weighted by atomic mass is 19.1. The van der Waals surface area contributed by atoms with Crippen molar-refractivity contribution in [2.24, 2.45) is 0 Å². The van der Waals surface area contributed by atoms with Gasteiger partial charge in [0.1, 0.15) is 5.82 Å². The molecule has 1 atom stereocenters. The van der Waals surface area contributed by atoms with Gasteiger partial charge in [0, 0.05) is 24.8 Å². The Labute approximate surface area is 121 Å². The van der Waals surface area contributed by atoms with E-state index in [1.807, 2.05) is 7.05 Å². The molecule has 0 saturated carbocycles. The van der Waals surface area contributed by atoms with Gasteiger partial charge in [0.25, 0.3) is 0 Å². The van der Waals surface area contributed by atoms with Crippen LogP contribution < -0.4 is 10.2 Å². The Morgan fingerprint density at radius 2 is 1.95 bits per heavy atom. The highest BCUT2D eigenvalue weighted by Gasteiger charge is 2.21. The zero-order chi connectivity index (χ0) is 15.0. The normalized spacial score (nSPS) is 14.1. The van der Waals surface area contributed by atoms with Crippen molar-refractivity contribution in [1.82, 2.24) is 5.32 Å². The molecule has 0 aliphatic rings. The van der Waals surface area contributed by atoms with Crippen molar-refractivity contribution in [3.05, 3.63) is 30.1 Å². The van der Waals surface area contributed by atoms with Crippen LogP contribution in [0.15, 0.2) is 24.3 Å². The lowest BCUT2D eigenvalue weighted by Crippen LogP contribution is -2.46. The predicted octanol–water partition coefficient (Wildman–Crippen LogP) is 2.79. The first kappa shape index (κ1) is 16.9. The largest absolute Gasteiger partial charge is 0.394 e. The third-order valence-corrected chi connectivity index (χ3v) is 3.64. The molecule has 0 saturated heterocycles. The Morgan fingerprint density at radius 1 is 1.30 bits per heavy atom. The van der Waals surface area contributed by atoms with Crippen molar-refractivity contribution < 1.29 is 9.50 Å². The Morgan fingerprint density at radius 3 is 2.50 bits per heavy atom. The molecule has 0 spiro atoms. The summed E-state index contributed by atoms with van der Waals surface area (Å²) >= 11 is 0. The summed E-state index contributed by atoms with van der Waals surface area (Å²) in [7, 11) is 2.00. The van der Waals surface area contributed by atoms with Crippen LogP contribution in [0.3, 0.4) is 0 Å². The summed E-state index contributed by atoms with van der Waals surface area (Å²) in [6.45, 7) is 6.13. The summed E-state index contributed by atoms with van der Waals surface area (Å²) in [6.07, 6.45) is 2.95. The second-order valence-electron chi connectivity index (χ2n) is 5.65. The minimum atomic E-state index is -0.209. The standard InChI is InChI=1S/C16H27FN2O/c1-4-11-18-16(2,13-20)10-5-12-19(3)15-8-6-14(17)7-9-15/h6-9,18,20H,4-5,10-13H2,1-3H3. The summed E-state index contributed by atoms with van der Waals surface area (Å²) in [5, 5.41) is 12.9. The minimum absolute atomic E-state index is 0.146. The topological polar surface area (TPSA) is 35.5 Å². The zero-order valence-corrected chi connectivity index (χ0v) is 12.8. The van der Waals surface area contributed by atoms with Gasteiger partial charge in [0.15, 0.2) is 0 Å². The molecule has 20 heavy (non-hydrogen) atoms. The van der Waals surface area contributed by atoms with Crippen LogP contribution in [0.5, 0.6) is 0 Å². The van der Waals surface area contributed by atoms with Gasteiger partial charge in [-0.25, -0.2) is 4.39 Å². The molecule has 0 radical (unpaired) electrons. The summed E-state index contributed by atoms with van der Waals surface area (Å²) in [4.78, 5) is 2.11. The number of anilines is 1. The summed E-state index contributed by atoms with van der Waals surface area (Å²) in [6, 6.07) is 6.53. The second-order valence-corrected chi connectivity index (χ2v) is 5.65. The fraction of sp³-hybridized carbons (Fsp3) is 0.625. The van der Waals surface area contributed by atoms with Crippen LogP contribution in [0.4, 0.5) is 10.1 Å². The number of nitrogens with zero attached hydrogens (tertiary/aromatic N) is 1. The molecule has 1 aromatic carbocycles. The van der Waals surface area contributed by atoms with Gasteiger partial charge in [-0.1, -0.05) is 6.92 Å². The molecule has 1 rings (SSSR count). The maximum Gasteiger partial charge on any atom is 0.123 e. The maximum absolute atomic E-state index is 12.9. The first-order valence-electron chi connectivity index (χ1n) is 7.33. The quantitative estimate of drug-likeness (QED) is 0.731. The molecule has 0 amide bonds. The number of hydrogen-bond acceptors (Lipinski definition) is 3. The van der Waals surface area contributed by atoms with Crippen molar-refractivity contribution in [1.29, 1.82) is 0 Å². The molecule has 0 heterocycles. The molecule has 1 aromatic rings. The maximum atomic E-state index is 12.9. The van der Waals surface area contributed by atoms with E-state index in [1.165, 1.54) is 12.1 Å². The van der Waals surface area contributed by atoms with E-state index in [9.17, 15) is 9.50 Å². The van der Waals surface area contributed by atoms with Crippen LogP contribution in [-0.4, -0.2) is 37.4 Å². The van der Waals surface area contributed by atoms with E-state index in [2.05, 4.69) is 24.1 Å². The van der Waals surface area contributed by atoms with Crippen LogP contribution in [0.25, 0.3) is 0 Å². The molecule has 114 valence electrons. The molecule has 1 unspecified atom stereocenters. The third kappa shape index (κ3) is 5.47. The fourth-order valence-corrected chi connectivity index (χ4v) is 2.18. The van der Waals surface area contributed by atoms with Gasteiger partial charge < -0.3 is 15.3 Å². The highest BCUT2D eigenvalue weighted by molar-refractivity contribution is 5.45. The van der Waals surface area contributed by atoms with Gasteiger partial charge in [-0.05, 0) is 57.0 Å². The van der Waals surface area contributed by atoms with E-state index in [1.54, 1.807) is 12.1 Å². The van der Waals surface area contributed by atoms with Crippen LogP contribution in [0.2, 0.25) is 0 Å². The van der Waals surface area contributed by atoms with Crippen molar-refractivity contribution in [3.63, 3.8) is 0 Å². The van der Waals surface area contributed by atoms with Gasteiger partial charge in [0.05, 0.1) is 6.61 Å². The number of halogens is 1. The van der Waals surface area contributed by atoms with Gasteiger partial charge in [-0.15, -0.1) is 0 Å². The molecule has 0 aliphatic heterocycles. The van der Waals surface area contributed by atoms with E-state index in [4.69, 9.17) is 0 Å². The first-order chi connectivity index (χ1) is 9.50. The number of aliphatic hydroxyl groups excluding tert-OH is 1. The van der Waals surface area contributed by atoms with Crippen LogP contribution in [0, 0.1) is 5.82 Å². The Balaban J connectivity index is 2.40. The predicted molar refractivity (Wildman–Crippen MR) is 82.7 cm³/mol. The Hall–Kier alpha value is -1.13. The van der Waals surface area contributed by atoms with Crippen LogP contribution >= 0.6 is 0 Å². The third-order valence-electron chi connectivity index (χ3n) is 3.64. The number of aliphatic hydroxyl groups is 1. The molecule has 3 nitrogen and oxygen atoms in total. The average molecular weight is 282 g/mol.